The second-order valence-corrected chi connectivity index (χ2v) is 6.07. The molecule has 7 nitrogen and oxygen atoms in total. The number of hydrogen-bond donors (Lipinski definition) is 1. The van der Waals surface area contributed by atoms with Crippen LogP contribution < -0.4 is 0 Å². The third-order valence-corrected chi connectivity index (χ3v) is 4.30. The number of halogens is 2. The molecule has 0 atom stereocenters. The Hall–Kier alpha value is -3.67. The van der Waals surface area contributed by atoms with Crippen molar-refractivity contribution in [2.75, 3.05) is 0 Å². The average Bonchev–Trinajstić information content (AvgIpc) is 3.31. The molecule has 4 aromatic rings. The average molecular weight is 365 g/mol. The van der Waals surface area contributed by atoms with Crippen LogP contribution in [0.15, 0.2) is 42.5 Å². The summed E-state index contributed by atoms with van der Waals surface area (Å²) in [6.07, 6.45) is 0. The van der Waals surface area contributed by atoms with Gasteiger partial charge in [0.2, 0.25) is 5.82 Å². The van der Waals surface area contributed by atoms with Crippen molar-refractivity contribution in [3.63, 3.8) is 0 Å². The number of tetrazole rings is 1. The van der Waals surface area contributed by atoms with E-state index in [1.807, 2.05) is 13.0 Å². The van der Waals surface area contributed by atoms with Crippen LogP contribution in [0.5, 0.6) is 0 Å². The lowest BCUT2D eigenvalue weighted by atomic mass is 10.1. The number of aryl methyl sites for hydroxylation is 1. The molecule has 0 saturated heterocycles. The van der Waals surface area contributed by atoms with Crippen LogP contribution in [0.25, 0.3) is 15.7 Å². The Bertz CT molecular complexity index is 1160. The van der Waals surface area contributed by atoms with E-state index in [1.54, 1.807) is 28.9 Å². The molecule has 0 amide bonds. The fourth-order valence-corrected chi connectivity index (χ4v) is 2.98. The smallest absolute Gasteiger partial charge is 0.260 e. The highest BCUT2D eigenvalue weighted by atomic mass is 19.3. The molecule has 4 rings (SSSR count). The van der Waals surface area contributed by atoms with Gasteiger partial charge in [0, 0.05) is 10.9 Å². The van der Waals surface area contributed by atoms with Crippen LogP contribution in [-0.4, -0.2) is 30.4 Å². The van der Waals surface area contributed by atoms with Gasteiger partial charge in [-0.25, -0.2) is 4.85 Å². The standard InChI is InChI=1S/C18H13F2N7/c1-11-15-7-6-13(18(19,20)17-22-25-26-23-17)9-16(15)27(24-11)10-12-4-3-5-14(8-12)21-2/h3-9H,10H2,1H3,(H,22,23,25,26). The molecule has 0 aliphatic heterocycles. The molecule has 27 heavy (non-hydrogen) atoms. The Balaban J connectivity index is 1.79. The minimum absolute atomic E-state index is 0.243. The fourth-order valence-electron chi connectivity index (χ4n) is 2.98. The van der Waals surface area contributed by atoms with Crippen LogP contribution in [0.4, 0.5) is 14.5 Å². The van der Waals surface area contributed by atoms with Gasteiger partial charge in [0.25, 0.3) is 0 Å². The van der Waals surface area contributed by atoms with E-state index in [2.05, 4.69) is 30.6 Å². The van der Waals surface area contributed by atoms with E-state index >= 15 is 0 Å². The van der Waals surface area contributed by atoms with Crippen molar-refractivity contribution in [2.45, 2.75) is 19.4 Å². The lowest BCUT2D eigenvalue weighted by Crippen LogP contribution is -2.17. The summed E-state index contributed by atoms with van der Waals surface area (Å²) in [5.41, 5.74) is 2.45. The first-order valence-corrected chi connectivity index (χ1v) is 8.05. The topological polar surface area (TPSA) is 76.6 Å². The number of alkyl halides is 2. The predicted molar refractivity (Wildman–Crippen MR) is 93.4 cm³/mol. The second kappa shape index (κ2) is 6.25. The van der Waals surface area contributed by atoms with Crippen molar-refractivity contribution >= 4 is 16.6 Å². The normalized spacial score (nSPS) is 11.6. The summed E-state index contributed by atoms with van der Waals surface area (Å²) in [7, 11) is 0. The molecule has 0 spiro atoms. The van der Waals surface area contributed by atoms with Gasteiger partial charge in [-0.05, 0) is 23.8 Å². The van der Waals surface area contributed by atoms with Gasteiger partial charge in [-0.2, -0.15) is 19.1 Å². The van der Waals surface area contributed by atoms with E-state index in [-0.39, 0.29) is 5.56 Å². The van der Waals surface area contributed by atoms with Crippen LogP contribution in [0, 0.1) is 13.5 Å². The van der Waals surface area contributed by atoms with Gasteiger partial charge < -0.3 is 0 Å². The predicted octanol–water partition coefficient (Wildman–Crippen LogP) is 3.60. The summed E-state index contributed by atoms with van der Waals surface area (Å²) in [5.74, 6) is -4.07. The van der Waals surface area contributed by atoms with Crippen molar-refractivity contribution < 1.29 is 8.78 Å². The van der Waals surface area contributed by atoms with Gasteiger partial charge >= 0.3 is 5.92 Å². The summed E-state index contributed by atoms with van der Waals surface area (Å²) in [5, 5.41) is 17.3. The number of nitrogens with zero attached hydrogens (tertiary/aromatic N) is 6. The van der Waals surface area contributed by atoms with Crippen LogP contribution in [0.3, 0.4) is 0 Å². The van der Waals surface area contributed by atoms with Crippen LogP contribution in [0.1, 0.15) is 22.6 Å². The molecule has 134 valence electrons. The summed E-state index contributed by atoms with van der Waals surface area (Å²) < 4.78 is 31.0. The number of fused-ring (bicyclic) bond motifs is 1. The zero-order valence-electron chi connectivity index (χ0n) is 14.2. The summed E-state index contributed by atoms with van der Waals surface area (Å²) in [6, 6.07) is 11.5. The number of benzene rings is 2. The maximum absolute atomic E-state index is 14.7. The highest BCUT2D eigenvalue weighted by Crippen LogP contribution is 2.35. The maximum atomic E-state index is 14.7. The lowest BCUT2D eigenvalue weighted by molar-refractivity contribution is 0.0330. The minimum atomic E-state index is -3.38. The van der Waals surface area contributed by atoms with Gasteiger partial charge in [-0.3, -0.25) is 4.68 Å². The number of nitrogens with one attached hydrogen (secondary N) is 1. The highest BCUT2D eigenvalue weighted by molar-refractivity contribution is 5.82. The van der Waals surface area contributed by atoms with Gasteiger partial charge in [-0.1, -0.05) is 36.4 Å². The minimum Gasteiger partial charge on any atom is -0.260 e. The van der Waals surface area contributed by atoms with E-state index in [9.17, 15) is 8.78 Å². The zero-order chi connectivity index (χ0) is 19.0. The molecule has 0 unspecified atom stereocenters. The number of aromatic nitrogens is 6. The molecule has 9 heteroatoms. The molecule has 0 aliphatic rings. The molecule has 1 N–H and O–H groups in total. The first kappa shape index (κ1) is 16.8. The van der Waals surface area contributed by atoms with Crippen molar-refractivity contribution in [1.82, 2.24) is 30.4 Å². The van der Waals surface area contributed by atoms with Crippen molar-refractivity contribution in [2.24, 2.45) is 0 Å². The van der Waals surface area contributed by atoms with Crippen LogP contribution >= 0.6 is 0 Å². The fraction of sp³-hybridized carbons (Fsp3) is 0.167. The van der Waals surface area contributed by atoms with Crippen molar-refractivity contribution in [3.05, 3.63) is 76.5 Å². The molecule has 0 bridgehead atoms. The number of aromatic amines is 1. The van der Waals surface area contributed by atoms with E-state index in [0.717, 1.165) is 16.6 Å². The second-order valence-electron chi connectivity index (χ2n) is 6.07. The Kier molecular flexibility index (Phi) is 3.88. The van der Waals surface area contributed by atoms with Gasteiger partial charge in [0.05, 0.1) is 24.3 Å². The molecule has 0 fully saturated rings. The number of H-pyrrole nitrogens is 1. The first-order chi connectivity index (χ1) is 13.0. The molecule has 2 heterocycles. The third kappa shape index (κ3) is 2.91. The molecule has 0 radical (unpaired) electrons. The molecule has 2 aromatic heterocycles. The zero-order valence-corrected chi connectivity index (χ0v) is 14.2. The number of rotatable bonds is 4. The summed E-state index contributed by atoms with van der Waals surface area (Å²) in [4.78, 5) is 3.41. The van der Waals surface area contributed by atoms with Gasteiger partial charge in [0.1, 0.15) is 0 Å². The van der Waals surface area contributed by atoms with Gasteiger partial charge in [-0.15, -0.1) is 10.2 Å². The van der Waals surface area contributed by atoms with Crippen molar-refractivity contribution in [1.29, 1.82) is 0 Å². The molecular weight excluding hydrogens is 352 g/mol. The Morgan fingerprint density at radius 1 is 1.22 bits per heavy atom. The van der Waals surface area contributed by atoms with E-state index in [0.29, 0.717) is 17.7 Å². The highest BCUT2D eigenvalue weighted by Gasteiger charge is 2.39. The van der Waals surface area contributed by atoms with E-state index in [1.165, 1.54) is 12.1 Å². The SMILES string of the molecule is [C-]#[N+]c1cccc(Cn2nc(C)c3ccc(C(F)(F)c4nn[nH]n4)cc32)c1. The Morgan fingerprint density at radius 3 is 2.81 bits per heavy atom. The van der Waals surface area contributed by atoms with E-state index in [4.69, 9.17) is 6.57 Å². The maximum Gasteiger partial charge on any atom is 0.335 e. The monoisotopic (exact) mass is 365 g/mol. The molecule has 2 aromatic carbocycles. The van der Waals surface area contributed by atoms with Crippen LogP contribution in [-0.2, 0) is 12.5 Å². The van der Waals surface area contributed by atoms with E-state index < -0.39 is 11.7 Å². The lowest BCUT2D eigenvalue weighted by Gasteiger charge is -2.13. The Morgan fingerprint density at radius 2 is 2.07 bits per heavy atom. The van der Waals surface area contributed by atoms with Crippen molar-refractivity contribution in [3.8, 4) is 0 Å². The number of hydrogen-bond acceptors (Lipinski definition) is 4. The largest absolute Gasteiger partial charge is 0.335 e. The summed E-state index contributed by atoms with van der Waals surface area (Å²) >= 11 is 0. The summed E-state index contributed by atoms with van der Waals surface area (Å²) in [6.45, 7) is 9.31. The quantitative estimate of drug-likeness (QED) is 0.561. The molecule has 0 saturated carbocycles. The Labute approximate surface area is 152 Å². The molecular formula is C18H13F2N7. The molecule has 0 aliphatic carbocycles. The van der Waals surface area contributed by atoms with Crippen LogP contribution in [0.2, 0.25) is 0 Å². The van der Waals surface area contributed by atoms with Gasteiger partial charge in [0.15, 0.2) is 5.69 Å². The first-order valence-electron chi connectivity index (χ1n) is 8.05. The third-order valence-electron chi connectivity index (χ3n) is 4.30.